The van der Waals surface area contributed by atoms with Gasteiger partial charge in [-0.3, -0.25) is 4.68 Å². The average Bonchev–Trinajstić information content (AvgIpc) is 2.82. The topological polar surface area (TPSA) is 42.7 Å². The fourth-order valence-electron chi connectivity index (χ4n) is 2.01. The molecule has 0 aliphatic carbocycles. The summed E-state index contributed by atoms with van der Waals surface area (Å²) in [5.74, 6) is 0.797. The second-order valence-electron chi connectivity index (χ2n) is 4.53. The zero-order valence-corrected chi connectivity index (χ0v) is 13.1. The second kappa shape index (κ2) is 5.42. The molecule has 2 heterocycles. The molecular formula is C14H12BrClN4. The van der Waals surface area contributed by atoms with E-state index in [9.17, 15) is 0 Å². The SMILES string of the molecule is Cn1cc(CNc2ccc3cc(Br)cc(Cl)c3n2)cn1. The first-order valence-corrected chi connectivity index (χ1v) is 7.26. The van der Waals surface area contributed by atoms with Gasteiger partial charge < -0.3 is 5.32 Å². The minimum atomic E-state index is 0.638. The Morgan fingerprint density at radius 1 is 1.35 bits per heavy atom. The van der Waals surface area contributed by atoms with Gasteiger partial charge in [0.25, 0.3) is 0 Å². The van der Waals surface area contributed by atoms with E-state index in [1.165, 1.54) is 0 Å². The van der Waals surface area contributed by atoms with Gasteiger partial charge in [0.2, 0.25) is 0 Å². The fourth-order valence-corrected chi connectivity index (χ4v) is 2.89. The van der Waals surface area contributed by atoms with Crippen molar-refractivity contribution >= 4 is 44.3 Å². The standard InChI is InChI=1S/C14H12BrClN4/c1-20-8-9(7-18-20)6-17-13-3-2-10-4-11(15)5-12(16)14(10)19-13/h2-5,7-8H,6H2,1H3,(H,17,19). The second-order valence-corrected chi connectivity index (χ2v) is 5.85. The first-order valence-electron chi connectivity index (χ1n) is 6.09. The van der Waals surface area contributed by atoms with Crippen molar-refractivity contribution in [2.45, 2.75) is 6.54 Å². The van der Waals surface area contributed by atoms with Crippen LogP contribution in [0.25, 0.3) is 10.9 Å². The van der Waals surface area contributed by atoms with Crippen LogP contribution in [0.4, 0.5) is 5.82 Å². The summed E-state index contributed by atoms with van der Waals surface area (Å²) in [6.45, 7) is 0.681. The molecular weight excluding hydrogens is 340 g/mol. The number of nitrogens with one attached hydrogen (secondary N) is 1. The predicted octanol–water partition coefficient (Wildman–Crippen LogP) is 4.00. The van der Waals surface area contributed by atoms with Gasteiger partial charge in [0, 0.05) is 35.2 Å². The Morgan fingerprint density at radius 3 is 2.95 bits per heavy atom. The van der Waals surface area contributed by atoms with Crippen LogP contribution < -0.4 is 5.32 Å². The van der Waals surface area contributed by atoms with Crippen molar-refractivity contribution in [1.29, 1.82) is 0 Å². The summed E-state index contributed by atoms with van der Waals surface area (Å²) in [6, 6.07) is 7.80. The van der Waals surface area contributed by atoms with E-state index in [0.29, 0.717) is 11.6 Å². The normalized spacial score (nSPS) is 10.9. The summed E-state index contributed by atoms with van der Waals surface area (Å²) in [5, 5.41) is 9.05. The molecule has 0 saturated carbocycles. The predicted molar refractivity (Wildman–Crippen MR) is 85.0 cm³/mol. The molecule has 0 radical (unpaired) electrons. The number of halogens is 2. The summed E-state index contributed by atoms with van der Waals surface area (Å²) in [5.41, 5.74) is 1.90. The highest BCUT2D eigenvalue weighted by Crippen LogP contribution is 2.27. The summed E-state index contributed by atoms with van der Waals surface area (Å²) < 4.78 is 2.73. The third-order valence-electron chi connectivity index (χ3n) is 2.94. The van der Waals surface area contributed by atoms with Crippen LogP contribution in [0.1, 0.15) is 5.56 Å². The molecule has 0 fully saturated rings. The number of pyridine rings is 1. The van der Waals surface area contributed by atoms with Crippen molar-refractivity contribution in [3.05, 3.63) is 51.7 Å². The number of hydrogen-bond acceptors (Lipinski definition) is 3. The molecule has 0 bridgehead atoms. The highest BCUT2D eigenvalue weighted by atomic mass is 79.9. The van der Waals surface area contributed by atoms with Gasteiger partial charge in [-0.2, -0.15) is 5.10 Å². The van der Waals surface area contributed by atoms with E-state index in [1.54, 1.807) is 4.68 Å². The number of nitrogens with zero attached hydrogens (tertiary/aromatic N) is 3. The maximum absolute atomic E-state index is 6.22. The minimum absolute atomic E-state index is 0.638. The van der Waals surface area contributed by atoms with Gasteiger partial charge in [-0.1, -0.05) is 27.5 Å². The highest BCUT2D eigenvalue weighted by Gasteiger charge is 2.05. The van der Waals surface area contributed by atoms with Gasteiger partial charge in [0.15, 0.2) is 0 Å². The van der Waals surface area contributed by atoms with Crippen LogP contribution in [0, 0.1) is 0 Å². The molecule has 3 rings (SSSR count). The molecule has 0 saturated heterocycles. The van der Waals surface area contributed by atoms with E-state index < -0.39 is 0 Å². The highest BCUT2D eigenvalue weighted by molar-refractivity contribution is 9.10. The molecule has 20 heavy (non-hydrogen) atoms. The quantitative estimate of drug-likeness (QED) is 0.775. The summed E-state index contributed by atoms with van der Waals surface area (Å²) in [4.78, 5) is 4.55. The Hall–Kier alpha value is -1.59. The Kier molecular flexibility index (Phi) is 3.63. The molecule has 0 spiro atoms. The number of aromatic nitrogens is 3. The number of fused-ring (bicyclic) bond motifs is 1. The molecule has 0 aliphatic rings. The molecule has 0 unspecified atom stereocenters. The summed E-state index contributed by atoms with van der Waals surface area (Å²) >= 11 is 9.65. The Morgan fingerprint density at radius 2 is 2.20 bits per heavy atom. The minimum Gasteiger partial charge on any atom is -0.366 e. The third kappa shape index (κ3) is 2.78. The van der Waals surface area contributed by atoms with Gasteiger partial charge in [0.05, 0.1) is 16.7 Å². The number of hydrogen-bond donors (Lipinski definition) is 1. The maximum Gasteiger partial charge on any atom is 0.126 e. The average molecular weight is 352 g/mol. The lowest BCUT2D eigenvalue weighted by Gasteiger charge is -2.07. The van der Waals surface area contributed by atoms with Crippen LogP contribution in [-0.4, -0.2) is 14.8 Å². The van der Waals surface area contributed by atoms with E-state index in [4.69, 9.17) is 11.6 Å². The Bertz CT molecular complexity index is 769. The van der Waals surface area contributed by atoms with Gasteiger partial charge in [-0.15, -0.1) is 0 Å². The van der Waals surface area contributed by atoms with Gasteiger partial charge in [-0.25, -0.2) is 4.98 Å². The fraction of sp³-hybridized carbons (Fsp3) is 0.143. The zero-order chi connectivity index (χ0) is 14.1. The Labute approximate surface area is 129 Å². The molecule has 102 valence electrons. The van der Waals surface area contributed by atoms with E-state index in [1.807, 2.05) is 43.7 Å². The van der Waals surface area contributed by atoms with Crippen LogP contribution in [-0.2, 0) is 13.6 Å². The monoisotopic (exact) mass is 350 g/mol. The number of aryl methyl sites for hydroxylation is 1. The number of benzene rings is 1. The van der Waals surface area contributed by atoms with E-state index in [0.717, 1.165) is 26.8 Å². The molecule has 1 aromatic carbocycles. The van der Waals surface area contributed by atoms with E-state index in [2.05, 4.69) is 31.3 Å². The molecule has 0 aliphatic heterocycles. The maximum atomic E-state index is 6.22. The lowest BCUT2D eigenvalue weighted by Crippen LogP contribution is -2.00. The molecule has 4 nitrogen and oxygen atoms in total. The molecule has 0 atom stereocenters. The molecule has 6 heteroatoms. The van der Waals surface area contributed by atoms with Crippen molar-refractivity contribution < 1.29 is 0 Å². The largest absolute Gasteiger partial charge is 0.366 e. The first-order chi connectivity index (χ1) is 9.61. The van der Waals surface area contributed by atoms with Crippen molar-refractivity contribution in [2.75, 3.05) is 5.32 Å². The lowest BCUT2D eigenvalue weighted by atomic mass is 10.2. The van der Waals surface area contributed by atoms with Gasteiger partial charge >= 0.3 is 0 Å². The van der Waals surface area contributed by atoms with E-state index in [-0.39, 0.29) is 0 Å². The van der Waals surface area contributed by atoms with Crippen molar-refractivity contribution in [3.63, 3.8) is 0 Å². The number of rotatable bonds is 3. The molecule has 2 aromatic heterocycles. The molecule has 1 N–H and O–H groups in total. The van der Waals surface area contributed by atoms with Crippen LogP contribution in [0.2, 0.25) is 5.02 Å². The smallest absolute Gasteiger partial charge is 0.126 e. The van der Waals surface area contributed by atoms with Crippen LogP contribution in [0.5, 0.6) is 0 Å². The van der Waals surface area contributed by atoms with Gasteiger partial charge in [-0.05, 0) is 24.3 Å². The van der Waals surface area contributed by atoms with Crippen molar-refractivity contribution in [1.82, 2.24) is 14.8 Å². The van der Waals surface area contributed by atoms with Crippen LogP contribution >= 0.6 is 27.5 Å². The van der Waals surface area contributed by atoms with Crippen LogP contribution in [0.15, 0.2) is 41.1 Å². The van der Waals surface area contributed by atoms with Crippen molar-refractivity contribution in [3.8, 4) is 0 Å². The Balaban J connectivity index is 1.85. The van der Waals surface area contributed by atoms with Crippen LogP contribution in [0.3, 0.4) is 0 Å². The lowest BCUT2D eigenvalue weighted by molar-refractivity contribution is 0.767. The van der Waals surface area contributed by atoms with Gasteiger partial charge in [0.1, 0.15) is 5.82 Å². The zero-order valence-electron chi connectivity index (χ0n) is 10.8. The molecule has 3 aromatic rings. The van der Waals surface area contributed by atoms with Crippen molar-refractivity contribution in [2.24, 2.45) is 7.05 Å². The number of anilines is 1. The first kappa shape index (κ1) is 13.4. The van der Waals surface area contributed by atoms with E-state index >= 15 is 0 Å². The summed E-state index contributed by atoms with van der Waals surface area (Å²) in [7, 11) is 1.90. The molecule has 0 amide bonds. The summed E-state index contributed by atoms with van der Waals surface area (Å²) in [6.07, 6.45) is 3.80. The third-order valence-corrected chi connectivity index (χ3v) is 3.69.